The number of nitrogens with two attached hydrogens (primary N) is 1. The summed E-state index contributed by atoms with van der Waals surface area (Å²) >= 11 is 0. The van der Waals surface area contributed by atoms with Gasteiger partial charge in [-0.1, -0.05) is 13.8 Å². The molecule has 0 spiro atoms. The van der Waals surface area contributed by atoms with Crippen LogP contribution in [0.15, 0.2) is 0 Å². The second-order valence-electron chi connectivity index (χ2n) is 4.48. The van der Waals surface area contributed by atoms with Gasteiger partial charge in [0, 0.05) is 13.2 Å². The van der Waals surface area contributed by atoms with Crippen LogP contribution in [0.3, 0.4) is 0 Å². The third-order valence-electron chi connectivity index (χ3n) is 3.49. The van der Waals surface area contributed by atoms with Crippen LogP contribution in [-0.4, -0.2) is 18.8 Å². The van der Waals surface area contributed by atoms with Gasteiger partial charge in [-0.25, -0.2) is 0 Å². The summed E-state index contributed by atoms with van der Waals surface area (Å²) in [6.07, 6.45) is 3.67. The minimum absolute atomic E-state index is 0.0126. The fourth-order valence-corrected chi connectivity index (χ4v) is 2.54. The van der Waals surface area contributed by atoms with Crippen LogP contribution in [-0.2, 0) is 4.74 Å². The van der Waals surface area contributed by atoms with Crippen molar-refractivity contribution in [2.75, 3.05) is 13.2 Å². The molecule has 2 heteroatoms. The minimum Gasteiger partial charge on any atom is -0.374 e. The highest BCUT2D eigenvalue weighted by atomic mass is 16.5. The number of hydrogen-bond acceptors (Lipinski definition) is 2. The summed E-state index contributed by atoms with van der Waals surface area (Å²) in [5.41, 5.74) is 5.82. The summed E-state index contributed by atoms with van der Waals surface area (Å²) in [7, 11) is 0. The summed E-state index contributed by atoms with van der Waals surface area (Å²) in [6, 6.07) is 0. The van der Waals surface area contributed by atoms with Crippen molar-refractivity contribution in [1.29, 1.82) is 0 Å². The second-order valence-corrected chi connectivity index (χ2v) is 4.48. The molecule has 1 aliphatic carbocycles. The van der Waals surface area contributed by atoms with Crippen molar-refractivity contribution in [2.45, 2.75) is 45.6 Å². The van der Waals surface area contributed by atoms with Gasteiger partial charge in [-0.3, -0.25) is 0 Å². The molecule has 0 amide bonds. The lowest BCUT2D eigenvalue weighted by molar-refractivity contribution is -0.0998. The molecular formula is C11H23NO. The Kier molecular flexibility index (Phi) is 3.74. The Morgan fingerprint density at radius 1 is 1.46 bits per heavy atom. The quantitative estimate of drug-likeness (QED) is 0.731. The van der Waals surface area contributed by atoms with Crippen LogP contribution < -0.4 is 5.73 Å². The first-order valence-corrected chi connectivity index (χ1v) is 5.48. The summed E-state index contributed by atoms with van der Waals surface area (Å²) in [4.78, 5) is 0. The van der Waals surface area contributed by atoms with Crippen molar-refractivity contribution in [3.8, 4) is 0 Å². The molecule has 2 N–H and O–H groups in total. The summed E-state index contributed by atoms with van der Waals surface area (Å²) in [5.74, 6) is 1.45. The number of hydrogen-bond donors (Lipinski definition) is 1. The maximum absolute atomic E-state index is 5.86. The Labute approximate surface area is 81.8 Å². The first-order chi connectivity index (χ1) is 6.14. The average Bonchev–Trinajstić information content (AvgIpc) is 2.11. The molecule has 1 fully saturated rings. The molecule has 0 aliphatic heterocycles. The van der Waals surface area contributed by atoms with Crippen molar-refractivity contribution in [3.05, 3.63) is 0 Å². The van der Waals surface area contributed by atoms with Gasteiger partial charge in [0.2, 0.25) is 0 Å². The van der Waals surface area contributed by atoms with Gasteiger partial charge in [-0.2, -0.15) is 0 Å². The first kappa shape index (κ1) is 11.0. The number of ether oxygens (including phenoxy) is 1. The zero-order chi connectivity index (χ0) is 9.90. The van der Waals surface area contributed by atoms with Gasteiger partial charge < -0.3 is 10.5 Å². The fraction of sp³-hybridized carbons (Fsp3) is 1.00. The normalized spacial score (nSPS) is 40.6. The van der Waals surface area contributed by atoms with E-state index in [-0.39, 0.29) is 5.60 Å². The van der Waals surface area contributed by atoms with Gasteiger partial charge in [0.15, 0.2) is 0 Å². The second kappa shape index (κ2) is 4.43. The Morgan fingerprint density at radius 3 is 2.62 bits per heavy atom. The van der Waals surface area contributed by atoms with Gasteiger partial charge in [-0.15, -0.1) is 0 Å². The lowest BCUT2D eigenvalue weighted by Crippen LogP contribution is -2.49. The molecule has 0 heterocycles. The van der Waals surface area contributed by atoms with Gasteiger partial charge in [0.05, 0.1) is 5.60 Å². The van der Waals surface area contributed by atoms with E-state index in [0.717, 1.165) is 18.9 Å². The molecule has 1 aliphatic rings. The smallest absolute Gasteiger partial charge is 0.0829 e. The van der Waals surface area contributed by atoms with Crippen LogP contribution in [0.25, 0.3) is 0 Å². The molecule has 3 unspecified atom stereocenters. The van der Waals surface area contributed by atoms with E-state index in [9.17, 15) is 0 Å². The zero-order valence-electron chi connectivity index (χ0n) is 9.18. The van der Waals surface area contributed by atoms with Gasteiger partial charge in [0.25, 0.3) is 0 Å². The lowest BCUT2D eigenvalue weighted by Gasteiger charge is -2.43. The molecule has 3 atom stereocenters. The van der Waals surface area contributed by atoms with Gasteiger partial charge in [0.1, 0.15) is 0 Å². The molecule has 0 aromatic heterocycles. The van der Waals surface area contributed by atoms with Crippen LogP contribution in [0.2, 0.25) is 0 Å². The van der Waals surface area contributed by atoms with E-state index < -0.39 is 0 Å². The highest BCUT2D eigenvalue weighted by Crippen LogP contribution is 2.38. The lowest BCUT2D eigenvalue weighted by atomic mass is 9.72. The van der Waals surface area contributed by atoms with Crippen LogP contribution in [0.5, 0.6) is 0 Å². The van der Waals surface area contributed by atoms with Crippen molar-refractivity contribution >= 4 is 0 Å². The maximum Gasteiger partial charge on any atom is 0.0829 e. The van der Waals surface area contributed by atoms with E-state index in [2.05, 4.69) is 20.8 Å². The van der Waals surface area contributed by atoms with Gasteiger partial charge in [-0.05, 0) is 38.0 Å². The van der Waals surface area contributed by atoms with Crippen molar-refractivity contribution in [1.82, 2.24) is 0 Å². The fourth-order valence-electron chi connectivity index (χ4n) is 2.54. The molecule has 0 bridgehead atoms. The Bertz CT molecular complexity index is 160. The molecular weight excluding hydrogens is 162 g/mol. The highest BCUT2D eigenvalue weighted by molar-refractivity contribution is 4.92. The van der Waals surface area contributed by atoms with E-state index in [1.54, 1.807) is 0 Å². The van der Waals surface area contributed by atoms with E-state index in [0.29, 0.717) is 12.5 Å². The van der Waals surface area contributed by atoms with E-state index in [1.165, 1.54) is 12.8 Å². The van der Waals surface area contributed by atoms with Crippen molar-refractivity contribution in [2.24, 2.45) is 17.6 Å². The van der Waals surface area contributed by atoms with Crippen LogP contribution in [0.4, 0.5) is 0 Å². The summed E-state index contributed by atoms with van der Waals surface area (Å²) in [6.45, 7) is 8.12. The van der Waals surface area contributed by atoms with Crippen LogP contribution in [0.1, 0.15) is 40.0 Å². The molecule has 0 aromatic carbocycles. The first-order valence-electron chi connectivity index (χ1n) is 5.48. The predicted molar refractivity (Wildman–Crippen MR) is 55.6 cm³/mol. The van der Waals surface area contributed by atoms with E-state index >= 15 is 0 Å². The Balaban J connectivity index is 2.63. The molecule has 13 heavy (non-hydrogen) atoms. The SMILES string of the molecule is CCOC1(CN)CCC(C)CC1C. The monoisotopic (exact) mass is 185 g/mol. The summed E-state index contributed by atoms with van der Waals surface area (Å²) < 4.78 is 5.86. The minimum atomic E-state index is -0.0126. The average molecular weight is 185 g/mol. The molecule has 78 valence electrons. The van der Waals surface area contributed by atoms with Crippen molar-refractivity contribution < 1.29 is 4.74 Å². The molecule has 1 saturated carbocycles. The van der Waals surface area contributed by atoms with E-state index in [1.807, 2.05) is 0 Å². The van der Waals surface area contributed by atoms with Crippen LogP contribution in [0, 0.1) is 11.8 Å². The molecule has 0 saturated heterocycles. The third-order valence-corrected chi connectivity index (χ3v) is 3.49. The topological polar surface area (TPSA) is 35.2 Å². The molecule has 2 nitrogen and oxygen atoms in total. The van der Waals surface area contributed by atoms with E-state index in [4.69, 9.17) is 10.5 Å². The third kappa shape index (κ3) is 2.23. The van der Waals surface area contributed by atoms with Gasteiger partial charge >= 0.3 is 0 Å². The molecule has 1 rings (SSSR count). The summed E-state index contributed by atoms with van der Waals surface area (Å²) in [5, 5.41) is 0. The largest absolute Gasteiger partial charge is 0.374 e. The molecule has 0 radical (unpaired) electrons. The standard InChI is InChI=1S/C11H23NO/c1-4-13-11(8-12)6-5-9(2)7-10(11)3/h9-10H,4-8,12H2,1-3H3. The Morgan fingerprint density at radius 2 is 2.15 bits per heavy atom. The van der Waals surface area contributed by atoms with Crippen molar-refractivity contribution in [3.63, 3.8) is 0 Å². The van der Waals surface area contributed by atoms with Crippen LogP contribution >= 0.6 is 0 Å². The molecule has 0 aromatic rings. The zero-order valence-corrected chi connectivity index (χ0v) is 9.18. The highest BCUT2D eigenvalue weighted by Gasteiger charge is 2.39. The number of rotatable bonds is 3. The maximum atomic E-state index is 5.86. The predicted octanol–water partition coefficient (Wildman–Crippen LogP) is 2.18. The Hall–Kier alpha value is -0.0800.